The summed E-state index contributed by atoms with van der Waals surface area (Å²) >= 11 is 5.99. The molecule has 0 aliphatic heterocycles. The molecule has 2 aromatic rings. The van der Waals surface area contributed by atoms with Gasteiger partial charge in [-0.3, -0.25) is 14.6 Å². The lowest BCUT2D eigenvalue weighted by molar-refractivity contribution is 0.0918. The highest BCUT2D eigenvalue weighted by Gasteiger charge is 2.19. The summed E-state index contributed by atoms with van der Waals surface area (Å²) in [4.78, 5) is 28.6. The Morgan fingerprint density at radius 2 is 1.79 bits per heavy atom. The highest BCUT2D eigenvalue weighted by atomic mass is 35.5. The predicted molar refractivity (Wildman–Crippen MR) is 95.6 cm³/mol. The van der Waals surface area contributed by atoms with Gasteiger partial charge in [-0.2, -0.15) is 0 Å². The lowest BCUT2D eigenvalue weighted by atomic mass is 10.0. The van der Waals surface area contributed by atoms with Gasteiger partial charge in [0.1, 0.15) is 0 Å². The third kappa shape index (κ3) is 4.32. The highest BCUT2D eigenvalue weighted by Crippen LogP contribution is 2.22. The number of carbonyl (C=O) groups excluding carboxylic acids is 2. The molecule has 1 aromatic carbocycles. The number of amides is 2. The molecule has 0 aliphatic carbocycles. The summed E-state index contributed by atoms with van der Waals surface area (Å²) in [6.45, 7) is 7.53. The number of rotatable bonds is 3. The minimum Gasteiger partial charge on any atom is -0.347 e. The van der Waals surface area contributed by atoms with Crippen molar-refractivity contribution >= 4 is 29.1 Å². The predicted octanol–water partition coefficient (Wildman–Crippen LogP) is 3.82. The molecule has 0 unspecified atom stereocenters. The van der Waals surface area contributed by atoms with Gasteiger partial charge in [-0.05, 0) is 51.5 Å². The van der Waals surface area contributed by atoms with Gasteiger partial charge in [0.25, 0.3) is 11.8 Å². The molecule has 0 fully saturated rings. The Balaban J connectivity index is 2.27. The van der Waals surface area contributed by atoms with E-state index in [1.54, 1.807) is 31.2 Å². The number of carbonyl (C=O) groups is 2. The first-order valence-electron chi connectivity index (χ1n) is 7.52. The molecule has 126 valence electrons. The summed E-state index contributed by atoms with van der Waals surface area (Å²) in [5, 5.41) is 5.98. The number of hydrogen-bond donors (Lipinski definition) is 2. The van der Waals surface area contributed by atoms with Gasteiger partial charge < -0.3 is 10.6 Å². The topological polar surface area (TPSA) is 71.1 Å². The maximum Gasteiger partial charge on any atom is 0.257 e. The van der Waals surface area contributed by atoms with Gasteiger partial charge >= 0.3 is 0 Å². The van der Waals surface area contributed by atoms with E-state index in [2.05, 4.69) is 15.6 Å². The number of hydrogen-bond acceptors (Lipinski definition) is 3. The lowest BCUT2D eigenvalue weighted by Crippen LogP contribution is -2.40. The van der Waals surface area contributed by atoms with E-state index in [9.17, 15) is 9.59 Å². The van der Waals surface area contributed by atoms with Gasteiger partial charge in [0.15, 0.2) is 0 Å². The average Bonchev–Trinajstić information content (AvgIpc) is 2.48. The van der Waals surface area contributed by atoms with Crippen molar-refractivity contribution < 1.29 is 9.59 Å². The summed E-state index contributed by atoms with van der Waals surface area (Å²) < 4.78 is 0. The Hall–Kier alpha value is -2.40. The van der Waals surface area contributed by atoms with Gasteiger partial charge in [-0.25, -0.2) is 0 Å². The first-order valence-corrected chi connectivity index (χ1v) is 7.90. The lowest BCUT2D eigenvalue weighted by Gasteiger charge is -2.21. The molecule has 0 atom stereocenters. The molecule has 0 spiro atoms. The third-order valence-electron chi connectivity index (χ3n) is 3.33. The van der Waals surface area contributed by atoms with Crippen LogP contribution in [0, 0.1) is 6.92 Å². The zero-order valence-electron chi connectivity index (χ0n) is 14.1. The molecule has 0 bridgehead atoms. The van der Waals surface area contributed by atoms with Gasteiger partial charge in [0.05, 0.1) is 10.6 Å². The Kier molecular flexibility index (Phi) is 5.24. The van der Waals surface area contributed by atoms with Crippen molar-refractivity contribution in [2.45, 2.75) is 33.2 Å². The molecular formula is C18H20ClN3O2. The first-order chi connectivity index (χ1) is 11.2. The SMILES string of the molecule is Cc1c(NC(=O)c2ccncc2Cl)cccc1C(=O)NC(C)(C)C. The third-order valence-corrected chi connectivity index (χ3v) is 3.63. The van der Waals surface area contributed by atoms with Gasteiger partial charge in [-0.1, -0.05) is 17.7 Å². The van der Waals surface area contributed by atoms with E-state index in [-0.39, 0.29) is 22.4 Å². The minimum absolute atomic E-state index is 0.182. The summed E-state index contributed by atoms with van der Waals surface area (Å²) in [5.74, 6) is -0.531. The molecule has 0 aliphatic rings. The smallest absolute Gasteiger partial charge is 0.257 e. The number of pyridine rings is 1. The van der Waals surface area contributed by atoms with Gasteiger partial charge in [-0.15, -0.1) is 0 Å². The van der Waals surface area contributed by atoms with Crippen LogP contribution in [0.1, 0.15) is 47.1 Å². The highest BCUT2D eigenvalue weighted by molar-refractivity contribution is 6.34. The molecule has 0 radical (unpaired) electrons. The molecule has 2 amide bonds. The van der Waals surface area contributed by atoms with Crippen molar-refractivity contribution in [3.63, 3.8) is 0 Å². The number of halogens is 1. The quantitative estimate of drug-likeness (QED) is 0.888. The monoisotopic (exact) mass is 345 g/mol. The second-order valence-corrected chi connectivity index (χ2v) is 6.90. The fourth-order valence-electron chi connectivity index (χ4n) is 2.17. The van der Waals surface area contributed by atoms with Gasteiger partial charge in [0.2, 0.25) is 0 Å². The number of nitrogens with zero attached hydrogens (tertiary/aromatic N) is 1. The molecule has 6 heteroatoms. The fraction of sp³-hybridized carbons (Fsp3) is 0.278. The van der Waals surface area contributed by atoms with Crippen molar-refractivity contribution in [3.8, 4) is 0 Å². The molecule has 2 rings (SSSR count). The largest absolute Gasteiger partial charge is 0.347 e. The summed E-state index contributed by atoms with van der Waals surface area (Å²) in [5.41, 5.74) is 1.76. The summed E-state index contributed by atoms with van der Waals surface area (Å²) in [6.07, 6.45) is 2.91. The first kappa shape index (κ1) is 17.9. The van der Waals surface area contributed by atoms with Crippen molar-refractivity contribution in [2.75, 3.05) is 5.32 Å². The maximum absolute atomic E-state index is 12.4. The van der Waals surface area contributed by atoms with E-state index < -0.39 is 0 Å². The van der Waals surface area contributed by atoms with E-state index in [4.69, 9.17) is 11.6 Å². The number of aromatic nitrogens is 1. The maximum atomic E-state index is 12.4. The normalized spacial score (nSPS) is 11.0. The van der Waals surface area contributed by atoms with Crippen LogP contribution in [0.2, 0.25) is 5.02 Å². The number of nitrogens with one attached hydrogen (secondary N) is 2. The summed E-state index contributed by atoms with van der Waals surface area (Å²) in [6, 6.07) is 6.75. The minimum atomic E-state index is -0.348. The van der Waals surface area contributed by atoms with Crippen LogP contribution >= 0.6 is 11.6 Å². The van der Waals surface area contributed by atoms with Crippen LogP contribution in [0.4, 0.5) is 5.69 Å². The Bertz CT molecular complexity index is 782. The van der Waals surface area contributed by atoms with Crippen molar-refractivity contribution in [1.29, 1.82) is 0 Å². The Morgan fingerprint density at radius 3 is 2.42 bits per heavy atom. The molecule has 1 heterocycles. The van der Waals surface area contributed by atoms with Crippen LogP contribution in [-0.2, 0) is 0 Å². The molecule has 0 saturated carbocycles. The zero-order valence-corrected chi connectivity index (χ0v) is 14.9. The van der Waals surface area contributed by atoms with Gasteiger partial charge in [0, 0.05) is 29.2 Å². The van der Waals surface area contributed by atoms with Crippen LogP contribution in [0.25, 0.3) is 0 Å². The van der Waals surface area contributed by atoms with E-state index in [0.717, 1.165) is 0 Å². The number of anilines is 1. The van der Waals surface area contributed by atoms with E-state index in [0.29, 0.717) is 22.4 Å². The zero-order chi connectivity index (χ0) is 17.9. The Labute approximate surface area is 146 Å². The van der Waals surface area contributed by atoms with Crippen molar-refractivity contribution in [2.24, 2.45) is 0 Å². The van der Waals surface area contributed by atoms with Crippen molar-refractivity contribution in [1.82, 2.24) is 10.3 Å². The molecular weight excluding hydrogens is 326 g/mol. The fourth-order valence-corrected chi connectivity index (χ4v) is 2.38. The molecule has 24 heavy (non-hydrogen) atoms. The number of benzene rings is 1. The van der Waals surface area contributed by atoms with E-state index in [1.165, 1.54) is 12.4 Å². The molecule has 5 nitrogen and oxygen atoms in total. The van der Waals surface area contributed by atoms with E-state index in [1.807, 2.05) is 20.8 Å². The molecule has 1 aromatic heterocycles. The van der Waals surface area contributed by atoms with Crippen molar-refractivity contribution in [3.05, 3.63) is 58.4 Å². The Morgan fingerprint density at radius 1 is 1.08 bits per heavy atom. The molecule has 0 saturated heterocycles. The van der Waals surface area contributed by atoms with Crippen LogP contribution in [-0.4, -0.2) is 22.3 Å². The van der Waals surface area contributed by atoms with Crippen LogP contribution in [0.15, 0.2) is 36.7 Å². The average molecular weight is 346 g/mol. The summed E-state index contributed by atoms with van der Waals surface area (Å²) in [7, 11) is 0. The standard InChI is InChI=1S/C18H20ClN3O2/c1-11-12(17(24)22-18(2,3)4)6-5-7-15(11)21-16(23)13-8-9-20-10-14(13)19/h5-10H,1-4H3,(H,21,23)(H,22,24). The van der Waals surface area contributed by atoms with E-state index >= 15 is 0 Å². The van der Waals surface area contributed by atoms with Crippen LogP contribution in [0.5, 0.6) is 0 Å². The second kappa shape index (κ2) is 7.01. The van der Waals surface area contributed by atoms with Crippen LogP contribution < -0.4 is 10.6 Å². The second-order valence-electron chi connectivity index (χ2n) is 6.49. The van der Waals surface area contributed by atoms with Crippen LogP contribution in [0.3, 0.4) is 0 Å². The molecule has 2 N–H and O–H groups in total.